The van der Waals surface area contributed by atoms with E-state index >= 15 is 0 Å². The summed E-state index contributed by atoms with van der Waals surface area (Å²) in [7, 11) is -4.04. The minimum Gasteiger partial charge on any atom is -0.341 e. The van der Waals surface area contributed by atoms with Crippen LogP contribution in [0.15, 0.2) is 29.2 Å². The number of rotatable bonds is 3. The summed E-state index contributed by atoms with van der Waals surface area (Å²) in [4.78, 5) is 11.4. The van der Waals surface area contributed by atoms with Gasteiger partial charge in [-0.15, -0.1) is 0 Å². The molecule has 0 fully saturated rings. The molecular formula is C11H13BrO4S. The predicted octanol–water partition coefficient (Wildman–Crippen LogP) is 2.40. The number of carbonyl (C=O) groups is 1. The van der Waals surface area contributed by atoms with Crippen molar-refractivity contribution >= 4 is 32.0 Å². The SMILES string of the molecule is Cc1ccc(S(=O)(=O)OC(=O)C(C)(C)Br)cc1. The van der Waals surface area contributed by atoms with E-state index in [2.05, 4.69) is 20.1 Å². The van der Waals surface area contributed by atoms with Crippen LogP contribution in [0.1, 0.15) is 19.4 Å². The van der Waals surface area contributed by atoms with Gasteiger partial charge in [-0.3, -0.25) is 0 Å². The molecule has 0 spiro atoms. The van der Waals surface area contributed by atoms with Crippen molar-refractivity contribution in [2.45, 2.75) is 30.0 Å². The Bertz CT molecular complexity index is 511. The summed E-state index contributed by atoms with van der Waals surface area (Å²) in [5, 5.41) is 0. The number of alkyl halides is 1. The van der Waals surface area contributed by atoms with E-state index in [1.54, 1.807) is 12.1 Å². The highest BCUT2D eigenvalue weighted by molar-refractivity contribution is 9.10. The lowest BCUT2D eigenvalue weighted by Crippen LogP contribution is -2.29. The average Bonchev–Trinajstić information content (AvgIpc) is 2.16. The second kappa shape index (κ2) is 4.78. The molecule has 4 nitrogen and oxygen atoms in total. The Kier molecular flexibility index (Phi) is 3.99. The Morgan fingerprint density at radius 3 is 2.12 bits per heavy atom. The zero-order valence-corrected chi connectivity index (χ0v) is 12.1. The number of benzene rings is 1. The Morgan fingerprint density at radius 2 is 1.71 bits per heavy atom. The number of hydrogen-bond acceptors (Lipinski definition) is 4. The van der Waals surface area contributed by atoms with Crippen LogP contribution in [0.4, 0.5) is 0 Å². The molecule has 0 bridgehead atoms. The van der Waals surface area contributed by atoms with E-state index in [1.165, 1.54) is 26.0 Å². The first-order valence-corrected chi connectivity index (χ1v) is 7.07. The molecule has 0 atom stereocenters. The number of aryl methyl sites for hydroxylation is 1. The summed E-state index contributed by atoms with van der Waals surface area (Å²) in [6, 6.07) is 6.08. The summed E-state index contributed by atoms with van der Waals surface area (Å²) < 4.78 is 27.0. The highest BCUT2D eigenvalue weighted by atomic mass is 79.9. The molecule has 0 aromatic heterocycles. The molecule has 0 saturated carbocycles. The molecule has 0 amide bonds. The van der Waals surface area contributed by atoms with Gasteiger partial charge in [0, 0.05) is 0 Å². The first-order chi connectivity index (χ1) is 7.63. The standard InChI is InChI=1S/C11H13BrO4S/c1-8-4-6-9(7-5-8)17(14,15)16-10(13)11(2,3)12/h4-7H,1-3H3. The minimum absolute atomic E-state index is 0.0341. The highest BCUT2D eigenvalue weighted by Crippen LogP contribution is 2.21. The average molecular weight is 321 g/mol. The molecule has 1 aromatic carbocycles. The molecule has 6 heteroatoms. The predicted molar refractivity (Wildman–Crippen MR) is 67.5 cm³/mol. The first-order valence-electron chi connectivity index (χ1n) is 4.87. The number of carbonyl (C=O) groups excluding carboxylic acids is 1. The summed E-state index contributed by atoms with van der Waals surface area (Å²) in [5.74, 6) is -0.849. The van der Waals surface area contributed by atoms with Gasteiger partial charge in [0.1, 0.15) is 9.22 Å². The van der Waals surface area contributed by atoms with Crippen molar-refractivity contribution < 1.29 is 17.4 Å². The number of halogens is 1. The molecular weight excluding hydrogens is 308 g/mol. The topological polar surface area (TPSA) is 60.4 Å². The molecule has 94 valence electrons. The van der Waals surface area contributed by atoms with Crippen LogP contribution in [0, 0.1) is 6.92 Å². The molecule has 0 heterocycles. The van der Waals surface area contributed by atoms with Crippen molar-refractivity contribution in [3.63, 3.8) is 0 Å². The lowest BCUT2D eigenvalue weighted by Gasteiger charge is -2.14. The third kappa shape index (κ3) is 3.81. The van der Waals surface area contributed by atoms with Crippen molar-refractivity contribution in [2.24, 2.45) is 0 Å². The Hall–Kier alpha value is -0.880. The minimum atomic E-state index is -4.04. The highest BCUT2D eigenvalue weighted by Gasteiger charge is 2.31. The van der Waals surface area contributed by atoms with Gasteiger partial charge in [-0.1, -0.05) is 33.6 Å². The third-order valence-corrected chi connectivity index (χ3v) is 3.52. The molecule has 0 aliphatic heterocycles. The van der Waals surface area contributed by atoms with Crippen molar-refractivity contribution in [3.8, 4) is 0 Å². The van der Waals surface area contributed by atoms with Crippen LogP contribution in [-0.4, -0.2) is 18.7 Å². The van der Waals surface area contributed by atoms with Crippen molar-refractivity contribution in [1.82, 2.24) is 0 Å². The molecule has 0 saturated heterocycles. The maximum atomic E-state index is 11.7. The van der Waals surface area contributed by atoms with Gasteiger partial charge in [-0.25, -0.2) is 4.79 Å². The molecule has 0 aliphatic carbocycles. The normalized spacial score (nSPS) is 12.2. The number of hydrogen-bond donors (Lipinski definition) is 0. The van der Waals surface area contributed by atoms with Crippen molar-refractivity contribution in [2.75, 3.05) is 0 Å². The van der Waals surface area contributed by atoms with Gasteiger partial charge in [0.25, 0.3) is 0 Å². The van der Waals surface area contributed by atoms with E-state index in [1.807, 2.05) is 6.92 Å². The van der Waals surface area contributed by atoms with Gasteiger partial charge in [-0.2, -0.15) is 8.42 Å². The summed E-state index contributed by atoms with van der Waals surface area (Å²) in [5.41, 5.74) is 0.927. The van der Waals surface area contributed by atoms with E-state index in [4.69, 9.17) is 0 Å². The summed E-state index contributed by atoms with van der Waals surface area (Å²) in [6.45, 7) is 4.87. The van der Waals surface area contributed by atoms with Gasteiger partial charge in [0.2, 0.25) is 0 Å². The van der Waals surface area contributed by atoms with Crippen LogP contribution >= 0.6 is 15.9 Å². The fourth-order valence-electron chi connectivity index (χ4n) is 0.952. The van der Waals surface area contributed by atoms with E-state index in [-0.39, 0.29) is 4.90 Å². The first kappa shape index (κ1) is 14.2. The lowest BCUT2D eigenvalue weighted by molar-refractivity contribution is -0.135. The molecule has 0 unspecified atom stereocenters. The summed E-state index contributed by atoms with van der Waals surface area (Å²) >= 11 is 3.04. The van der Waals surface area contributed by atoms with E-state index in [9.17, 15) is 13.2 Å². The molecule has 0 radical (unpaired) electrons. The largest absolute Gasteiger partial charge is 0.341 e. The zero-order chi connectivity index (χ0) is 13.3. The van der Waals surface area contributed by atoms with Gasteiger partial charge in [-0.05, 0) is 32.9 Å². The van der Waals surface area contributed by atoms with E-state index in [0.29, 0.717) is 0 Å². The fraction of sp³-hybridized carbons (Fsp3) is 0.364. The second-order valence-electron chi connectivity index (χ2n) is 4.11. The summed E-state index contributed by atoms with van der Waals surface area (Å²) in [6.07, 6.45) is 0. The third-order valence-electron chi connectivity index (χ3n) is 1.98. The smallest absolute Gasteiger partial charge is 0.341 e. The van der Waals surface area contributed by atoms with Crippen LogP contribution in [0.3, 0.4) is 0 Å². The van der Waals surface area contributed by atoms with Gasteiger partial charge >= 0.3 is 16.1 Å². The second-order valence-corrected chi connectivity index (χ2v) is 7.64. The van der Waals surface area contributed by atoms with E-state index < -0.39 is 20.4 Å². The van der Waals surface area contributed by atoms with Gasteiger partial charge in [0.05, 0.1) is 0 Å². The molecule has 17 heavy (non-hydrogen) atoms. The quantitative estimate of drug-likeness (QED) is 0.633. The van der Waals surface area contributed by atoms with Gasteiger partial charge < -0.3 is 4.18 Å². The monoisotopic (exact) mass is 320 g/mol. The molecule has 1 rings (SSSR count). The molecule has 0 N–H and O–H groups in total. The van der Waals surface area contributed by atoms with Crippen molar-refractivity contribution in [1.29, 1.82) is 0 Å². The zero-order valence-electron chi connectivity index (χ0n) is 9.73. The van der Waals surface area contributed by atoms with Crippen LogP contribution in [0.25, 0.3) is 0 Å². The van der Waals surface area contributed by atoms with E-state index in [0.717, 1.165) is 5.56 Å². The van der Waals surface area contributed by atoms with Crippen LogP contribution in [0.5, 0.6) is 0 Å². The van der Waals surface area contributed by atoms with Gasteiger partial charge in [0.15, 0.2) is 0 Å². The van der Waals surface area contributed by atoms with Crippen LogP contribution < -0.4 is 0 Å². The van der Waals surface area contributed by atoms with Crippen molar-refractivity contribution in [3.05, 3.63) is 29.8 Å². The Morgan fingerprint density at radius 1 is 1.24 bits per heavy atom. The Balaban J connectivity index is 2.98. The maximum Gasteiger partial charge on any atom is 0.341 e. The van der Waals surface area contributed by atoms with Crippen LogP contribution in [0.2, 0.25) is 0 Å². The van der Waals surface area contributed by atoms with Crippen LogP contribution in [-0.2, 0) is 19.1 Å². The Labute approximate surface area is 109 Å². The molecule has 0 aliphatic rings. The molecule has 1 aromatic rings. The fourth-order valence-corrected chi connectivity index (χ4v) is 2.11. The lowest BCUT2D eigenvalue weighted by atomic mass is 10.2. The maximum absolute atomic E-state index is 11.7.